The summed E-state index contributed by atoms with van der Waals surface area (Å²) in [6, 6.07) is 19.7. The third-order valence-corrected chi connectivity index (χ3v) is 5.81. The van der Waals surface area contributed by atoms with Crippen molar-refractivity contribution in [3.05, 3.63) is 125 Å². The van der Waals surface area contributed by atoms with Gasteiger partial charge in [-0.25, -0.2) is 0 Å². The molecular weight excluding hydrogens is 324 g/mol. The van der Waals surface area contributed by atoms with Gasteiger partial charge in [0, 0.05) is 0 Å². The quantitative estimate of drug-likeness (QED) is 0.555. The monoisotopic (exact) mass is 350 g/mol. The lowest BCUT2D eigenvalue weighted by Gasteiger charge is -2.37. The molecule has 0 amide bonds. The minimum atomic E-state index is -0.301. The predicted molar refractivity (Wildman–Crippen MR) is 117 cm³/mol. The first kappa shape index (κ1) is 17.5. The highest BCUT2D eigenvalue weighted by Gasteiger charge is 2.46. The minimum absolute atomic E-state index is 0.301. The van der Waals surface area contributed by atoms with Crippen LogP contribution in [0.25, 0.3) is 5.57 Å². The van der Waals surface area contributed by atoms with E-state index in [1.807, 2.05) is 0 Å². The van der Waals surface area contributed by atoms with Gasteiger partial charge in [0.25, 0.3) is 0 Å². The topological polar surface area (TPSA) is 0 Å². The van der Waals surface area contributed by atoms with Gasteiger partial charge in [-0.15, -0.1) is 0 Å². The number of hydrogen-bond donors (Lipinski definition) is 0. The van der Waals surface area contributed by atoms with Gasteiger partial charge in [-0.3, -0.25) is 0 Å². The van der Waals surface area contributed by atoms with Gasteiger partial charge in [-0.1, -0.05) is 105 Å². The first-order valence-electron chi connectivity index (χ1n) is 9.77. The van der Waals surface area contributed by atoms with E-state index in [1.54, 1.807) is 0 Å². The molecule has 2 aromatic carbocycles. The molecule has 0 aliphatic heterocycles. The van der Waals surface area contributed by atoms with Gasteiger partial charge < -0.3 is 0 Å². The molecule has 2 aromatic rings. The fourth-order valence-corrected chi connectivity index (χ4v) is 4.63. The fraction of sp³-hybridized carbons (Fsp3) is 0.185. The second-order valence-corrected chi connectivity index (χ2v) is 7.42. The maximum atomic E-state index is 4.25. The first-order chi connectivity index (χ1) is 13.2. The van der Waals surface area contributed by atoms with Crippen LogP contribution >= 0.6 is 0 Å². The zero-order valence-electron chi connectivity index (χ0n) is 16.2. The molecule has 0 nitrogen and oxygen atoms in total. The Hall–Kier alpha value is -2.86. The molecule has 27 heavy (non-hydrogen) atoms. The summed E-state index contributed by atoms with van der Waals surface area (Å²) in [4.78, 5) is 0. The number of benzene rings is 2. The summed E-state index contributed by atoms with van der Waals surface area (Å²) in [5, 5.41) is 0. The molecule has 0 heterocycles. The summed E-state index contributed by atoms with van der Waals surface area (Å²) in [7, 11) is 0. The Morgan fingerprint density at radius 3 is 2.44 bits per heavy atom. The standard InChI is InChI=1S/C27H26/c1-4-11-23-24-14-9-10-15-26(24)27(25(23)5-2,21-12-7-6-8-13-21)22-18-16-20(3)17-19-22/h4-16,18-20H,2,17H2,1,3H3/b11-4-. The Morgan fingerprint density at radius 2 is 1.78 bits per heavy atom. The van der Waals surface area contributed by atoms with Crippen LogP contribution in [0.2, 0.25) is 0 Å². The highest BCUT2D eigenvalue weighted by atomic mass is 14.5. The predicted octanol–water partition coefficient (Wildman–Crippen LogP) is 7.02. The smallest absolute Gasteiger partial charge is 0.0710 e. The number of allylic oxidation sites excluding steroid dienone is 9. The van der Waals surface area contributed by atoms with E-state index in [-0.39, 0.29) is 5.41 Å². The summed E-state index contributed by atoms with van der Waals surface area (Å²) in [6.45, 7) is 8.60. The maximum absolute atomic E-state index is 4.25. The summed E-state index contributed by atoms with van der Waals surface area (Å²) in [6.07, 6.45) is 14.6. The Morgan fingerprint density at radius 1 is 1.04 bits per heavy atom. The zero-order chi connectivity index (χ0) is 18.9. The van der Waals surface area contributed by atoms with Crippen molar-refractivity contribution in [1.29, 1.82) is 0 Å². The Kier molecular flexibility index (Phi) is 4.58. The largest absolute Gasteiger partial charge is 0.0987 e. The van der Waals surface area contributed by atoms with Gasteiger partial charge in [-0.05, 0) is 52.7 Å². The molecule has 0 fully saturated rings. The third kappa shape index (κ3) is 2.59. The summed E-state index contributed by atoms with van der Waals surface area (Å²) in [5.41, 5.74) is 7.57. The van der Waals surface area contributed by atoms with Crippen LogP contribution in [0.1, 0.15) is 37.0 Å². The summed E-state index contributed by atoms with van der Waals surface area (Å²) >= 11 is 0. The molecule has 2 aliphatic carbocycles. The molecule has 4 rings (SSSR count). The molecule has 2 aliphatic rings. The van der Waals surface area contributed by atoms with Crippen molar-refractivity contribution in [1.82, 2.24) is 0 Å². The van der Waals surface area contributed by atoms with E-state index in [4.69, 9.17) is 0 Å². The maximum Gasteiger partial charge on any atom is 0.0710 e. The van der Waals surface area contributed by atoms with Crippen LogP contribution in [0, 0.1) is 5.92 Å². The van der Waals surface area contributed by atoms with Gasteiger partial charge >= 0.3 is 0 Å². The Labute approximate surface area is 163 Å². The molecular formula is C27H26. The minimum Gasteiger partial charge on any atom is -0.0987 e. The lowest BCUT2D eigenvalue weighted by atomic mass is 9.65. The third-order valence-electron chi connectivity index (χ3n) is 5.81. The normalized spacial score (nSPS) is 24.2. The van der Waals surface area contributed by atoms with Crippen molar-refractivity contribution >= 4 is 5.57 Å². The molecule has 134 valence electrons. The molecule has 0 aromatic heterocycles. The summed E-state index contributed by atoms with van der Waals surface area (Å²) in [5.74, 6) is 0.587. The van der Waals surface area contributed by atoms with Crippen molar-refractivity contribution in [2.75, 3.05) is 0 Å². The van der Waals surface area contributed by atoms with Crippen molar-refractivity contribution in [3.63, 3.8) is 0 Å². The van der Waals surface area contributed by atoms with Crippen molar-refractivity contribution in [2.24, 2.45) is 5.92 Å². The van der Waals surface area contributed by atoms with Gasteiger partial charge in [0.15, 0.2) is 0 Å². The van der Waals surface area contributed by atoms with Gasteiger partial charge in [-0.2, -0.15) is 0 Å². The van der Waals surface area contributed by atoms with Crippen LogP contribution in [-0.4, -0.2) is 0 Å². The van der Waals surface area contributed by atoms with Crippen LogP contribution in [0.4, 0.5) is 0 Å². The number of hydrogen-bond acceptors (Lipinski definition) is 0. The number of fused-ring (bicyclic) bond motifs is 1. The molecule has 0 radical (unpaired) electrons. The Balaban J connectivity index is 2.12. The van der Waals surface area contributed by atoms with Crippen LogP contribution in [0.15, 0.2) is 109 Å². The van der Waals surface area contributed by atoms with Crippen molar-refractivity contribution < 1.29 is 0 Å². The van der Waals surface area contributed by atoms with Gasteiger partial charge in [0.05, 0.1) is 5.41 Å². The lowest BCUT2D eigenvalue weighted by molar-refractivity contribution is 0.689. The second-order valence-electron chi connectivity index (χ2n) is 7.42. The van der Waals surface area contributed by atoms with Crippen LogP contribution in [0.5, 0.6) is 0 Å². The van der Waals surface area contributed by atoms with E-state index in [0.29, 0.717) is 5.92 Å². The molecule has 0 N–H and O–H groups in total. The first-order valence-corrected chi connectivity index (χ1v) is 9.77. The van der Waals surface area contributed by atoms with Crippen LogP contribution in [0.3, 0.4) is 0 Å². The fourth-order valence-electron chi connectivity index (χ4n) is 4.63. The van der Waals surface area contributed by atoms with Crippen molar-refractivity contribution in [2.45, 2.75) is 25.7 Å². The SMILES string of the molecule is C=CC1=C(/C=C\C)c2ccccc2C1(C1=CCC(C)C=C1)c1ccccc1. The van der Waals surface area contributed by atoms with E-state index in [0.717, 1.165) is 6.42 Å². The summed E-state index contributed by atoms with van der Waals surface area (Å²) < 4.78 is 0. The van der Waals surface area contributed by atoms with Crippen molar-refractivity contribution in [3.8, 4) is 0 Å². The lowest BCUT2D eigenvalue weighted by Crippen LogP contribution is -2.30. The van der Waals surface area contributed by atoms with E-state index < -0.39 is 0 Å². The number of rotatable bonds is 4. The average molecular weight is 351 g/mol. The molecule has 0 bridgehead atoms. The molecule has 2 unspecified atom stereocenters. The Bertz CT molecular complexity index is 982. The highest BCUT2D eigenvalue weighted by molar-refractivity contribution is 5.92. The molecule has 0 saturated heterocycles. The molecule has 0 spiro atoms. The second kappa shape index (κ2) is 7.04. The van der Waals surface area contributed by atoms with E-state index in [9.17, 15) is 0 Å². The molecule has 0 saturated carbocycles. The molecule has 2 atom stereocenters. The van der Waals surface area contributed by atoms with E-state index in [2.05, 4.69) is 111 Å². The highest BCUT2D eigenvalue weighted by Crippen LogP contribution is 2.56. The van der Waals surface area contributed by atoms with E-state index >= 15 is 0 Å². The van der Waals surface area contributed by atoms with Gasteiger partial charge in [0.1, 0.15) is 0 Å². The molecule has 0 heteroatoms. The van der Waals surface area contributed by atoms with Crippen LogP contribution < -0.4 is 0 Å². The van der Waals surface area contributed by atoms with E-state index in [1.165, 1.54) is 33.4 Å². The van der Waals surface area contributed by atoms with Crippen LogP contribution in [-0.2, 0) is 5.41 Å². The van der Waals surface area contributed by atoms with Gasteiger partial charge in [0.2, 0.25) is 0 Å². The average Bonchev–Trinajstić information content (AvgIpc) is 3.00. The zero-order valence-corrected chi connectivity index (χ0v) is 16.2.